The van der Waals surface area contributed by atoms with E-state index in [9.17, 15) is 17.9 Å². The predicted molar refractivity (Wildman–Crippen MR) is 124 cm³/mol. The molecule has 10 heteroatoms. The van der Waals surface area contributed by atoms with Crippen molar-refractivity contribution in [2.24, 2.45) is 0 Å². The molecule has 3 aromatic rings. The number of halogens is 2. The van der Waals surface area contributed by atoms with Crippen molar-refractivity contribution in [1.82, 2.24) is 14.6 Å². The highest BCUT2D eigenvalue weighted by Gasteiger charge is 2.24. The summed E-state index contributed by atoms with van der Waals surface area (Å²) in [6.07, 6.45) is 2.69. The number of rotatable bonds is 9. The molecule has 0 saturated carbocycles. The molecule has 31 heavy (non-hydrogen) atoms. The Kier molecular flexibility index (Phi) is 8.14. The molecule has 1 amide bonds. The number of nitrogens with zero attached hydrogens (tertiary/aromatic N) is 2. The van der Waals surface area contributed by atoms with Crippen LogP contribution in [0.4, 0.5) is 4.39 Å². The summed E-state index contributed by atoms with van der Waals surface area (Å²) in [4.78, 5) is 17.1. The molecule has 0 spiro atoms. The number of amides is 1. The van der Waals surface area contributed by atoms with E-state index in [1.807, 2.05) is 0 Å². The standard InChI is InChI=1S/C21H23FIN3O4S/c1-3-4-5-10-26(31(28)29)12-17-16(23)11-15-18(20(27)24-2)19(30-21(15)25-17)13-6-8-14(22)9-7-13/h6-9,11H,3-5,10,12H2,1-2H3,(H,24,27)(H,28,29)/p-1. The molecule has 2 aromatic heterocycles. The van der Waals surface area contributed by atoms with Gasteiger partial charge in [-0.15, -0.1) is 0 Å². The Morgan fingerprint density at radius 2 is 2.03 bits per heavy atom. The first-order valence-electron chi connectivity index (χ1n) is 9.80. The monoisotopic (exact) mass is 558 g/mol. The topological polar surface area (TPSA) is 98.5 Å². The molecular formula is C21H22FIN3O4S-. The van der Waals surface area contributed by atoms with Gasteiger partial charge in [0.15, 0.2) is 0 Å². The fraction of sp³-hybridized carbons (Fsp3) is 0.333. The summed E-state index contributed by atoms with van der Waals surface area (Å²) in [5.41, 5.74) is 1.60. The normalized spacial score (nSPS) is 12.5. The van der Waals surface area contributed by atoms with Crippen LogP contribution in [0.2, 0.25) is 0 Å². The number of aromatic nitrogens is 1. The van der Waals surface area contributed by atoms with E-state index in [1.54, 1.807) is 6.07 Å². The zero-order valence-electron chi connectivity index (χ0n) is 17.1. The predicted octanol–water partition coefficient (Wildman–Crippen LogP) is 4.38. The van der Waals surface area contributed by atoms with Crippen LogP contribution in [-0.2, 0) is 17.8 Å². The average Bonchev–Trinajstić information content (AvgIpc) is 3.11. The summed E-state index contributed by atoms with van der Waals surface area (Å²) in [7, 11) is 1.51. The fourth-order valence-electron chi connectivity index (χ4n) is 3.21. The van der Waals surface area contributed by atoms with Crippen LogP contribution in [-0.4, -0.2) is 37.6 Å². The zero-order chi connectivity index (χ0) is 22.5. The molecule has 1 unspecified atom stereocenters. The summed E-state index contributed by atoms with van der Waals surface area (Å²) in [5, 5.41) is 3.10. The van der Waals surface area contributed by atoms with E-state index in [1.165, 1.54) is 35.6 Å². The number of fused-ring (bicyclic) bond motifs is 1. The van der Waals surface area contributed by atoms with Gasteiger partial charge in [-0.05, 0) is 59.3 Å². The maximum absolute atomic E-state index is 13.4. The number of unbranched alkanes of at least 4 members (excludes halogenated alkanes) is 2. The fourth-order valence-corrected chi connectivity index (χ4v) is 4.32. The molecule has 0 radical (unpaired) electrons. The maximum Gasteiger partial charge on any atom is 0.255 e. The Bertz CT molecular complexity index is 1100. The molecule has 166 valence electrons. The molecule has 2 heterocycles. The SMILES string of the molecule is CCCCCN(Cc1nc2oc(-c3ccc(F)cc3)c(C(=O)NC)c2cc1I)S(=O)[O-]. The quantitative estimate of drug-likeness (QED) is 0.239. The minimum atomic E-state index is -2.38. The van der Waals surface area contributed by atoms with E-state index >= 15 is 0 Å². The summed E-state index contributed by atoms with van der Waals surface area (Å²) in [5.74, 6) is -0.475. The molecule has 1 atom stereocenters. The number of benzene rings is 1. The van der Waals surface area contributed by atoms with Crippen molar-refractivity contribution in [3.05, 3.63) is 51.0 Å². The molecule has 0 aliphatic carbocycles. The lowest BCUT2D eigenvalue weighted by Crippen LogP contribution is -2.27. The Labute approximate surface area is 196 Å². The molecule has 0 saturated heterocycles. The first-order chi connectivity index (χ1) is 14.8. The van der Waals surface area contributed by atoms with Crippen molar-refractivity contribution in [2.45, 2.75) is 32.7 Å². The van der Waals surface area contributed by atoms with Gasteiger partial charge in [0.2, 0.25) is 5.71 Å². The van der Waals surface area contributed by atoms with Crippen molar-refractivity contribution in [3.63, 3.8) is 0 Å². The van der Waals surface area contributed by atoms with E-state index < -0.39 is 17.1 Å². The largest absolute Gasteiger partial charge is 0.760 e. The van der Waals surface area contributed by atoms with Crippen LogP contribution in [0, 0.1) is 9.39 Å². The summed E-state index contributed by atoms with van der Waals surface area (Å²) >= 11 is -0.302. The van der Waals surface area contributed by atoms with Crippen molar-refractivity contribution in [2.75, 3.05) is 13.6 Å². The number of nitrogens with one attached hydrogen (secondary N) is 1. The second-order valence-corrected chi connectivity index (χ2v) is 9.06. The van der Waals surface area contributed by atoms with Gasteiger partial charge in [-0.3, -0.25) is 9.00 Å². The number of carbonyl (C=O) groups excluding carboxylic acids is 1. The third-order valence-corrected chi connectivity index (χ3v) is 6.48. The molecule has 0 bridgehead atoms. The van der Waals surface area contributed by atoms with Crippen LogP contribution in [0.15, 0.2) is 34.7 Å². The van der Waals surface area contributed by atoms with Gasteiger partial charge in [0.05, 0.1) is 23.2 Å². The van der Waals surface area contributed by atoms with Gasteiger partial charge in [0.1, 0.15) is 11.6 Å². The molecule has 0 aliphatic heterocycles. The van der Waals surface area contributed by atoms with E-state index in [4.69, 9.17) is 4.42 Å². The minimum Gasteiger partial charge on any atom is -0.760 e. The van der Waals surface area contributed by atoms with Crippen LogP contribution < -0.4 is 5.32 Å². The maximum atomic E-state index is 13.4. The highest BCUT2D eigenvalue weighted by Crippen LogP contribution is 2.34. The van der Waals surface area contributed by atoms with E-state index in [0.29, 0.717) is 32.3 Å². The molecular weight excluding hydrogens is 536 g/mol. The van der Waals surface area contributed by atoms with E-state index in [0.717, 1.165) is 19.3 Å². The van der Waals surface area contributed by atoms with Crippen LogP contribution in [0.5, 0.6) is 0 Å². The van der Waals surface area contributed by atoms with Gasteiger partial charge in [-0.1, -0.05) is 19.8 Å². The van der Waals surface area contributed by atoms with E-state index in [2.05, 4.69) is 39.8 Å². The average molecular weight is 558 g/mol. The molecule has 0 aliphatic rings. The third-order valence-electron chi connectivity index (χ3n) is 4.82. The number of carbonyl (C=O) groups is 1. The van der Waals surface area contributed by atoms with Crippen LogP contribution in [0.3, 0.4) is 0 Å². The highest BCUT2D eigenvalue weighted by molar-refractivity contribution is 14.1. The number of hydrogen-bond donors (Lipinski definition) is 1. The molecule has 7 nitrogen and oxygen atoms in total. The highest BCUT2D eigenvalue weighted by atomic mass is 127. The van der Waals surface area contributed by atoms with Crippen LogP contribution in [0.1, 0.15) is 42.2 Å². The van der Waals surface area contributed by atoms with Gasteiger partial charge >= 0.3 is 0 Å². The van der Waals surface area contributed by atoms with Crippen molar-refractivity contribution in [1.29, 1.82) is 0 Å². The molecule has 1 aromatic carbocycles. The summed E-state index contributed by atoms with van der Waals surface area (Å²) in [6, 6.07) is 7.40. The number of furan rings is 1. The van der Waals surface area contributed by atoms with Crippen LogP contribution in [0.25, 0.3) is 22.4 Å². The zero-order valence-corrected chi connectivity index (χ0v) is 20.1. The lowest BCUT2D eigenvalue weighted by atomic mass is 10.1. The Hall–Kier alpha value is -1.89. The van der Waals surface area contributed by atoms with Gasteiger partial charge in [0, 0.05) is 34.0 Å². The Morgan fingerprint density at radius 1 is 1.32 bits per heavy atom. The second-order valence-electron chi connectivity index (χ2n) is 6.95. The summed E-state index contributed by atoms with van der Waals surface area (Å²) in [6.45, 7) is 2.56. The molecule has 3 rings (SSSR count). The van der Waals surface area contributed by atoms with Crippen LogP contribution >= 0.6 is 22.6 Å². The minimum absolute atomic E-state index is 0.107. The summed E-state index contributed by atoms with van der Waals surface area (Å²) < 4.78 is 44.6. The lowest BCUT2D eigenvalue weighted by molar-refractivity contribution is 0.0964. The van der Waals surface area contributed by atoms with Gasteiger partial charge in [-0.25, -0.2) is 13.7 Å². The number of pyridine rings is 1. The van der Waals surface area contributed by atoms with Crippen molar-refractivity contribution in [3.8, 4) is 11.3 Å². The van der Waals surface area contributed by atoms with Gasteiger partial charge in [-0.2, -0.15) is 0 Å². The smallest absolute Gasteiger partial charge is 0.255 e. The molecule has 0 fully saturated rings. The first-order valence-corrected chi connectivity index (χ1v) is 11.9. The Balaban J connectivity index is 2.05. The third kappa shape index (κ3) is 5.48. The van der Waals surface area contributed by atoms with E-state index in [-0.39, 0.29) is 23.9 Å². The number of hydrogen-bond acceptors (Lipinski definition) is 5. The van der Waals surface area contributed by atoms with Crippen molar-refractivity contribution < 1.29 is 22.4 Å². The van der Waals surface area contributed by atoms with Gasteiger partial charge in [0.25, 0.3) is 5.91 Å². The lowest BCUT2D eigenvalue weighted by Gasteiger charge is -2.24. The molecule has 1 N–H and O–H groups in total. The second kappa shape index (κ2) is 10.6. The van der Waals surface area contributed by atoms with Crippen molar-refractivity contribution >= 4 is 50.9 Å². The first kappa shape index (κ1) is 23.8. The Morgan fingerprint density at radius 3 is 2.65 bits per heavy atom. The van der Waals surface area contributed by atoms with Gasteiger partial charge < -0.3 is 14.3 Å².